The minimum Gasteiger partial charge on any atom is -0.274 e. The molecule has 1 fully saturated rings. The molecule has 0 N–H and O–H groups in total. The molecule has 7 nitrogen and oxygen atoms in total. The van der Waals surface area contributed by atoms with Crippen LogP contribution in [-0.2, 0) is 26.2 Å². The fourth-order valence-electron chi connectivity index (χ4n) is 4.61. The van der Waals surface area contributed by atoms with Gasteiger partial charge < -0.3 is 0 Å². The molecule has 2 amide bonds. The van der Waals surface area contributed by atoms with Gasteiger partial charge in [0.2, 0.25) is 15.9 Å². The van der Waals surface area contributed by atoms with Crippen LogP contribution in [0.1, 0.15) is 39.8 Å². The van der Waals surface area contributed by atoms with Crippen molar-refractivity contribution >= 4 is 27.5 Å². The van der Waals surface area contributed by atoms with Gasteiger partial charge in [-0.1, -0.05) is 18.2 Å². The Morgan fingerprint density at radius 3 is 2.08 bits per heavy atom. The second-order valence-electron chi connectivity index (χ2n) is 9.21. The highest BCUT2D eigenvalue weighted by molar-refractivity contribution is 7.89. The van der Waals surface area contributed by atoms with Crippen molar-refractivity contribution in [3.63, 3.8) is 0 Å². The first-order chi connectivity index (χ1) is 17.4. The molecule has 4 rings (SSSR count). The Morgan fingerprint density at radius 1 is 0.973 bits per heavy atom. The van der Waals surface area contributed by atoms with E-state index in [0.29, 0.717) is 22.3 Å². The SMILES string of the molecule is Cc1cc(C)c(C)c(S(=O)(=O)N(Cc2ccc(F)cc2)C2CC(=O)N(c3ccc(C#N)cc3)C2=O)c1C. The van der Waals surface area contributed by atoms with Crippen molar-refractivity contribution in [2.75, 3.05) is 4.90 Å². The number of benzene rings is 3. The lowest BCUT2D eigenvalue weighted by Gasteiger charge is -2.29. The van der Waals surface area contributed by atoms with Crippen molar-refractivity contribution in [2.24, 2.45) is 0 Å². The van der Waals surface area contributed by atoms with E-state index < -0.39 is 33.7 Å². The third-order valence-electron chi connectivity index (χ3n) is 6.84. The third kappa shape index (κ3) is 4.78. The van der Waals surface area contributed by atoms with Crippen molar-refractivity contribution in [1.29, 1.82) is 5.26 Å². The number of hydrogen-bond acceptors (Lipinski definition) is 5. The van der Waals surface area contributed by atoms with Crippen LogP contribution in [0.4, 0.5) is 10.1 Å². The van der Waals surface area contributed by atoms with Crippen LogP contribution in [0, 0.1) is 44.8 Å². The van der Waals surface area contributed by atoms with Gasteiger partial charge in [0.1, 0.15) is 11.9 Å². The van der Waals surface area contributed by atoms with Gasteiger partial charge in [-0.3, -0.25) is 9.59 Å². The van der Waals surface area contributed by atoms with Gasteiger partial charge in [-0.05, 0) is 91.9 Å². The Balaban J connectivity index is 1.83. The third-order valence-corrected chi connectivity index (χ3v) is 8.97. The van der Waals surface area contributed by atoms with Crippen LogP contribution in [0.5, 0.6) is 0 Å². The molecule has 1 aliphatic heterocycles. The van der Waals surface area contributed by atoms with E-state index in [1.54, 1.807) is 13.8 Å². The van der Waals surface area contributed by atoms with Crippen LogP contribution in [0.15, 0.2) is 59.5 Å². The maximum Gasteiger partial charge on any atom is 0.252 e. The van der Waals surface area contributed by atoms with Crippen LogP contribution >= 0.6 is 0 Å². The number of anilines is 1. The zero-order valence-corrected chi connectivity index (χ0v) is 21.8. The molecule has 0 aromatic heterocycles. The molecule has 190 valence electrons. The molecular formula is C28H26FN3O4S. The Hall–Kier alpha value is -3.87. The molecule has 3 aromatic carbocycles. The number of imide groups is 1. The Labute approximate surface area is 215 Å². The van der Waals surface area contributed by atoms with Gasteiger partial charge >= 0.3 is 0 Å². The predicted molar refractivity (Wildman–Crippen MR) is 137 cm³/mol. The minimum atomic E-state index is -4.27. The smallest absolute Gasteiger partial charge is 0.252 e. The van der Waals surface area contributed by atoms with E-state index in [1.807, 2.05) is 26.0 Å². The second-order valence-corrected chi connectivity index (χ2v) is 11.0. The summed E-state index contributed by atoms with van der Waals surface area (Å²) in [6.45, 7) is 6.86. The zero-order valence-electron chi connectivity index (χ0n) is 20.9. The van der Waals surface area contributed by atoms with Crippen LogP contribution in [0.25, 0.3) is 0 Å². The molecule has 0 saturated carbocycles. The number of rotatable bonds is 6. The average Bonchev–Trinajstić information content (AvgIpc) is 3.15. The number of nitriles is 1. The molecule has 0 spiro atoms. The summed E-state index contributed by atoms with van der Waals surface area (Å²) in [4.78, 5) is 27.7. The van der Waals surface area contributed by atoms with Crippen molar-refractivity contribution in [2.45, 2.75) is 51.6 Å². The standard InChI is InChI=1S/C28H26FN3O4S/c1-17-13-18(2)20(4)27(19(17)3)37(35,36)31(16-22-5-9-23(29)10-6-22)25-14-26(33)32(28(25)34)24-11-7-21(15-30)8-12-24/h5-13,25H,14,16H2,1-4H3. The van der Waals surface area contributed by atoms with E-state index in [0.717, 1.165) is 20.3 Å². The number of aryl methyl sites for hydroxylation is 2. The predicted octanol–water partition coefficient (Wildman–Crippen LogP) is 4.45. The number of sulfonamides is 1. The molecule has 1 atom stereocenters. The molecular weight excluding hydrogens is 493 g/mol. The van der Waals surface area contributed by atoms with E-state index >= 15 is 0 Å². The van der Waals surface area contributed by atoms with Gasteiger partial charge in [0.25, 0.3) is 5.91 Å². The average molecular weight is 520 g/mol. The summed E-state index contributed by atoms with van der Waals surface area (Å²) >= 11 is 0. The maximum absolute atomic E-state index is 14.2. The number of halogens is 1. The summed E-state index contributed by atoms with van der Waals surface area (Å²) in [6, 6.07) is 13.9. The van der Waals surface area contributed by atoms with Crippen LogP contribution in [-0.4, -0.2) is 30.6 Å². The van der Waals surface area contributed by atoms with E-state index in [1.165, 1.54) is 48.5 Å². The summed E-state index contributed by atoms with van der Waals surface area (Å²) in [5, 5.41) is 9.06. The summed E-state index contributed by atoms with van der Waals surface area (Å²) in [7, 11) is -4.27. The molecule has 1 unspecified atom stereocenters. The van der Waals surface area contributed by atoms with Crippen molar-refractivity contribution in [1.82, 2.24) is 4.31 Å². The minimum absolute atomic E-state index is 0.101. The van der Waals surface area contributed by atoms with E-state index in [-0.39, 0.29) is 23.5 Å². The van der Waals surface area contributed by atoms with E-state index in [4.69, 9.17) is 5.26 Å². The second kappa shape index (κ2) is 9.88. The highest BCUT2D eigenvalue weighted by atomic mass is 32.2. The van der Waals surface area contributed by atoms with Gasteiger partial charge in [-0.2, -0.15) is 9.57 Å². The Morgan fingerprint density at radius 2 is 1.54 bits per heavy atom. The first kappa shape index (κ1) is 26.2. The topological polar surface area (TPSA) is 98.6 Å². The first-order valence-corrected chi connectivity index (χ1v) is 13.1. The molecule has 1 aliphatic rings. The largest absolute Gasteiger partial charge is 0.274 e. The van der Waals surface area contributed by atoms with Crippen LogP contribution in [0.2, 0.25) is 0 Å². The fourth-order valence-corrected chi connectivity index (χ4v) is 6.76. The zero-order chi connectivity index (χ0) is 27.1. The summed E-state index contributed by atoms with van der Waals surface area (Å²) < 4.78 is 43.1. The van der Waals surface area contributed by atoms with Crippen LogP contribution < -0.4 is 4.90 Å². The molecule has 37 heavy (non-hydrogen) atoms. The Kier molecular flexibility index (Phi) is 7.00. The van der Waals surface area contributed by atoms with Gasteiger partial charge in [0.15, 0.2) is 0 Å². The number of nitrogens with zero attached hydrogens (tertiary/aromatic N) is 3. The van der Waals surface area contributed by atoms with Crippen molar-refractivity contribution < 1.29 is 22.4 Å². The lowest BCUT2D eigenvalue weighted by atomic mass is 10.0. The molecule has 0 bridgehead atoms. The van der Waals surface area contributed by atoms with E-state index in [2.05, 4.69) is 0 Å². The quantitative estimate of drug-likeness (QED) is 0.448. The van der Waals surface area contributed by atoms with Crippen LogP contribution in [0.3, 0.4) is 0 Å². The first-order valence-electron chi connectivity index (χ1n) is 11.7. The van der Waals surface area contributed by atoms with E-state index in [9.17, 15) is 22.4 Å². The van der Waals surface area contributed by atoms with Crippen molar-refractivity contribution in [3.8, 4) is 6.07 Å². The highest BCUT2D eigenvalue weighted by Gasteiger charge is 2.47. The van der Waals surface area contributed by atoms with Crippen molar-refractivity contribution in [3.05, 3.63) is 93.8 Å². The van der Waals surface area contributed by atoms with Gasteiger partial charge in [-0.25, -0.2) is 17.7 Å². The summed E-state index contributed by atoms with van der Waals surface area (Å²) in [6.07, 6.45) is -0.345. The normalized spacial score (nSPS) is 15.9. The number of amides is 2. The lowest BCUT2D eigenvalue weighted by molar-refractivity contribution is -0.122. The molecule has 3 aromatic rings. The fraction of sp³-hybridized carbons (Fsp3) is 0.250. The number of carbonyl (C=O) groups excluding carboxylic acids is 2. The molecule has 1 heterocycles. The summed E-state index contributed by atoms with van der Waals surface area (Å²) in [5.74, 6) is -1.70. The van der Waals surface area contributed by atoms with Gasteiger partial charge in [0, 0.05) is 6.54 Å². The number of hydrogen-bond donors (Lipinski definition) is 0. The monoisotopic (exact) mass is 519 g/mol. The molecule has 1 saturated heterocycles. The Bertz CT molecular complexity index is 1520. The lowest BCUT2D eigenvalue weighted by Crippen LogP contribution is -2.45. The molecule has 9 heteroatoms. The highest BCUT2D eigenvalue weighted by Crippen LogP contribution is 2.34. The van der Waals surface area contributed by atoms with Gasteiger partial charge in [-0.15, -0.1) is 0 Å². The molecule has 0 aliphatic carbocycles. The maximum atomic E-state index is 14.2. The molecule has 0 radical (unpaired) electrons. The van der Waals surface area contributed by atoms with Gasteiger partial charge in [0.05, 0.1) is 28.6 Å². The summed E-state index contributed by atoms with van der Waals surface area (Å²) in [5.41, 5.74) is 3.80. The number of carbonyl (C=O) groups is 2.